The molecule has 0 aliphatic heterocycles. The van der Waals surface area contributed by atoms with Crippen molar-refractivity contribution in [2.24, 2.45) is 5.41 Å². The fourth-order valence-electron chi connectivity index (χ4n) is 7.94. The summed E-state index contributed by atoms with van der Waals surface area (Å²) in [4.78, 5) is 14.4. The molecular formula is C41H47NO6S2. The highest BCUT2D eigenvalue weighted by Gasteiger charge is 2.58. The second-order valence-electron chi connectivity index (χ2n) is 14.2. The summed E-state index contributed by atoms with van der Waals surface area (Å²) in [5.41, 5.74) is 2.63. The lowest BCUT2D eigenvalue weighted by Crippen LogP contribution is -2.53. The highest BCUT2D eigenvalue weighted by molar-refractivity contribution is 7.91. The predicted molar refractivity (Wildman–Crippen MR) is 198 cm³/mol. The van der Waals surface area contributed by atoms with Crippen LogP contribution in [0.1, 0.15) is 90.9 Å². The first kappa shape index (κ1) is 36.2. The van der Waals surface area contributed by atoms with Crippen LogP contribution in [0.2, 0.25) is 0 Å². The fourth-order valence-corrected chi connectivity index (χ4v) is 10.6. The van der Waals surface area contributed by atoms with Crippen LogP contribution in [0.25, 0.3) is 0 Å². The maximum absolute atomic E-state index is 14.4. The van der Waals surface area contributed by atoms with E-state index in [2.05, 4.69) is 19.9 Å². The summed E-state index contributed by atoms with van der Waals surface area (Å²) in [5.74, 6) is 0.288. The Morgan fingerprint density at radius 1 is 1.00 bits per heavy atom. The monoisotopic (exact) mass is 713 g/mol. The standard InChI is InChI=1S/C41H47NO6S2/c1-29-9-7-22-40(2)37(21-23-41(40,45)28-42(27-30-10-5-4-6-11-30)50(46,47)38-12-8-24-49-38)35-20-14-31(25-33(43)17-13-29)26-36(35)39(44)32-15-18-34(48-3)19-16-32/h4-6,8-12,14-16,18-20,24,26,33,37,43,45H,7,13,17,21-23,25,27-28H2,1-3H3. The number of methoxy groups -OCH3 is 1. The number of allylic oxidation sites excluding steroid dienone is 2. The molecular weight excluding hydrogens is 667 g/mol. The van der Waals surface area contributed by atoms with Crippen LogP contribution in [-0.4, -0.2) is 54.1 Å². The zero-order valence-corrected chi connectivity index (χ0v) is 30.7. The highest BCUT2D eigenvalue weighted by atomic mass is 32.2. The quantitative estimate of drug-likeness (QED) is 0.135. The van der Waals surface area contributed by atoms with Gasteiger partial charge in [-0.3, -0.25) is 4.79 Å². The summed E-state index contributed by atoms with van der Waals surface area (Å²) >= 11 is 1.17. The van der Waals surface area contributed by atoms with Crippen molar-refractivity contribution in [1.82, 2.24) is 4.31 Å². The van der Waals surface area contributed by atoms with E-state index in [9.17, 15) is 23.4 Å². The van der Waals surface area contributed by atoms with Gasteiger partial charge in [0.1, 0.15) is 9.96 Å². The molecule has 3 aliphatic carbocycles. The van der Waals surface area contributed by atoms with Crippen LogP contribution in [0.15, 0.2) is 106 Å². The van der Waals surface area contributed by atoms with Gasteiger partial charge in [0.25, 0.3) is 10.0 Å². The van der Waals surface area contributed by atoms with Gasteiger partial charge in [-0.05, 0) is 116 Å². The van der Waals surface area contributed by atoms with Crippen molar-refractivity contribution in [2.45, 2.75) is 87.2 Å². The first-order valence-corrected chi connectivity index (χ1v) is 19.7. The molecule has 4 unspecified atom stereocenters. The van der Waals surface area contributed by atoms with Crippen LogP contribution in [0.5, 0.6) is 5.75 Å². The Kier molecular flexibility index (Phi) is 10.8. The van der Waals surface area contributed by atoms with Crippen molar-refractivity contribution in [2.75, 3.05) is 13.7 Å². The lowest BCUT2D eigenvalue weighted by atomic mass is 9.64. The Bertz CT molecular complexity index is 1920. The van der Waals surface area contributed by atoms with Crippen molar-refractivity contribution in [3.05, 3.63) is 130 Å². The number of hydrogen-bond acceptors (Lipinski definition) is 7. The van der Waals surface area contributed by atoms with E-state index in [0.29, 0.717) is 55.4 Å². The van der Waals surface area contributed by atoms with Gasteiger partial charge in [0.15, 0.2) is 5.78 Å². The molecule has 264 valence electrons. The lowest BCUT2D eigenvalue weighted by Gasteiger charge is -2.46. The Balaban J connectivity index is 1.45. The minimum absolute atomic E-state index is 0.0795. The van der Waals surface area contributed by atoms with Crippen molar-refractivity contribution < 1.29 is 28.2 Å². The number of carbonyl (C=O) groups is 1. The van der Waals surface area contributed by atoms with E-state index in [1.54, 1.807) is 48.9 Å². The number of ketones is 1. The van der Waals surface area contributed by atoms with E-state index < -0.39 is 27.1 Å². The molecule has 9 heteroatoms. The topological polar surface area (TPSA) is 104 Å². The SMILES string of the molecule is COc1ccc(C(=O)c2cc3ccc2C2CCC(O)(CN(Cc4ccccc4)S(=O)(=O)c4cccs4)C2(C)CCC=C(C)CCC(O)C3)cc1. The second kappa shape index (κ2) is 14.9. The summed E-state index contributed by atoms with van der Waals surface area (Å²) in [6.07, 6.45) is 5.64. The van der Waals surface area contributed by atoms with Crippen molar-refractivity contribution in [1.29, 1.82) is 0 Å². The first-order chi connectivity index (χ1) is 23.9. The van der Waals surface area contributed by atoms with Gasteiger partial charge >= 0.3 is 0 Å². The molecule has 4 aromatic rings. The molecule has 3 aromatic carbocycles. The summed E-state index contributed by atoms with van der Waals surface area (Å²) in [5, 5.41) is 25.7. The molecule has 1 saturated carbocycles. The van der Waals surface area contributed by atoms with Crippen LogP contribution >= 0.6 is 11.3 Å². The Morgan fingerprint density at radius 2 is 1.76 bits per heavy atom. The molecule has 0 radical (unpaired) electrons. The number of rotatable bonds is 9. The van der Waals surface area contributed by atoms with Gasteiger partial charge in [-0.25, -0.2) is 8.42 Å². The molecule has 2 bridgehead atoms. The lowest BCUT2D eigenvalue weighted by molar-refractivity contribution is -0.0731. The third kappa shape index (κ3) is 7.39. The zero-order valence-electron chi connectivity index (χ0n) is 29.0. The van der Waals surface area contributed by atoms with Crippen molar-refractivity contribution in [3.63, 3.8) is 0 Å². The summed E-state index contributed by atoms with van der Waals surface area (Å²) in [6.45, 7) is 4.20. The summed E-state index contributed by atoms with van der Waals surface area (Å²) in [6, 6.07) is 25.8. The van der Waals surface area contributed by atoms with Gasteiger partial charge in [0.05, 0.1) is 18.8 Å². The minimum atomic E-state index is -3.93. The molecule has 1 fully saturated rings. The van der Waals surface area contributed by atoms with E-state index in [0.717, 1.165) is 23.1 Å². The molecule has 0 spiro atoms. The van der Waals surface area contributed by atoms with Crippen LogP contribution in [0.4, 0.5) is 0 Å². The average molecular weight is 714 g/mol. The number of thiophene rings is 1. The first-order valence-electron chi connectivity index (χ1n) is 17.4. The Morgan fingerprint density at radius 3 is 2.46 bits per heavy atom. The number of hydrogen-bond donors (Lipinski definition) is 2. The minimum Gasteiger partial charge on any atom is -0.497 e. The Hall–Kier alpha value is -3.60. The molecule has 50 heavy (non-hydrogen) atoms. The van der Waals surface area contributed by atoms with Gasteiger partial charge in [0.2, 0.25) is 0 Å². The normalized spacial score (nSPS) is 24.4. The van der Waals surface area contributed by atoms with E-state index in [1.807, 2.05) is 48.5 Å². The van der Waals surface area contributed by atoms with E-state index >= 15 is 0 Å². The number of sulfonamides is 1. The third-order valence-electron chi connectivity index (χ3n) is 11.0. The average Bonchev–Trinajstić information content (AvgIpc) is 3.75. The fraction of sp³-hybridized carbons (Fsp3) is 0.390. The van der Waals surface area contributed by atoms with E-state index in [-0.39, 0.29) is 29.0 Å². The molecule has 0 saturated heterocycles. The zero-order chi connectivity index (χ0) is 35.5. The second-order valence-corrected chi connectivity index (χ2v) is 17.3. The number of benzene rings is 3. The van der Waals surface area contributed by atoms with Gasteiger partial charge in [-0.2, -0.15) is 4.31 Å². The number of aliphatic hydroxyl groups is 2. The third-order valence-corrected chi connectivity index (χ3v) is 14.2. The maximum atomic E-state index is 14.4. The molecule has 0 amide bonds. The summed E-state index contributed by atoms with van der Waals surface area (Å²) < 4.78 is 35.5. The van der Waals surface area contributed by atoms with Gasteiger partial charge in [-0.15, -0.1) is 11.3 Å². The molecule has 4 atom stereocenters. The Labute approximate surface area is 300 Å². The van der Waals surface area contributed by atoms with Gasteiger partial charge in [-0.1, -0.05) is 67.1 Å². The van der Waals surface area contributed by atoms with Crippen LogP contribution < -0.4 is 4.74 Å². The van der Waals surface area contributed by atoms with Gasteiger partial charge < -0.3 is 14.9 Å². The maximum Gasteiger partial charge on any atom is 0.252 e. The molecule has 2 N–H and O–H groups in total. The molecule has 7 rings (SSSR count). The molecule has 3 aliphatic rings. The van der Waals surface area contributed by atoms with Gasteiger partial charge in [0, 0.05) is 29.6 Å². The van der Waals surface area contributed by atoms with Crippen molar-refractivity contribution in [3.8, 4) is 5.75 Å². The summed E-state index contributed by atoms with van der Waals surface area (Å²) in [7, 11) is -2.34. The number of fused-ring (bicyclic) bond motifs is 8. The number of aliphatic hydroxyl groups excluding tert-OH is 1. The van der Waals surface area contributed by atoms with E-state index in [4.69, 9.17) is 4.74 Å². The number of nitrogens with zero attached hydrogens (tertiary/aromatic N) is 1. The number of carbonyl (C=O) groups excluding carboxylic acids is 1. The smallest absolute Gasteiger partial charge is 0.252 e. The molecule has 1 aromatic heterocycles. The molecule has 7 nitrogen and oxygen atoms in total. The molecule has 1 heterocycles. The highest BCUT2D eigenvalue weighted by Crippen LogP contribution is 2.59. The van der Waals surface area contributed by atoms with Crippen LogP contribution in [0, 0.1) is 5.41 Å². The van der Waals surface area contributed by atoms with Crippen molar-refractivity contribution >= 4 is 27.1 Å². The number of ether oxygens (including phenoxy) is 1. The largest absolute Gasteiger partial charge is 0.497 e. The van der Waals surface area contributed by atoms with E-state index in [1.165, 1.54) is 21.2 Å². The predicted octanol–water partition coefficient (Wildman–Crippen LogP) is 7.92. The van der Waals surface area contributed by atoms with Crippen LogP contribution in [-0.2, 0) is 23.0 Å². The van der Waals surface area contributed by atoms with Crippen LogP contribution in [0.3, 0.4) is 0 Å².